The van der Waals surface area contributed by atoms with Crippen molar-refractivity contribution in [2.45, 2.75) is 31.7 Å². The van der Waals surface area contributed by atoms with Crippen molar-refractivity contribution in [3.8, 4) is 0 Å². The molecule has 6 heteroatoms. The fourth-order valence-electron chi connectivity index (χ4n) is 3.49. The van der Waals surface area contributed by atoms with Gasteiger partial charge in [-0.3, -0.25) is 9.59 Å². The van der Waals surface area contributed by atoms with Gasteiger partial charge in [0.25, 0.3) is 5.91 Å². The van der Waals surface area contributed by atoms with E-state index in [1.165, 1.54) is 5.56 Å². The number of likely N-dealkylation sites (tertiary alicyclic amines) is 1. The van der Waals surface area contributed by atoms with Crippen molar-refractivity contribution in [2.75, 3.05) is 13.1 Å². The van der Waals surface area contributed by atoms with Crippen molar-refractivity contribution in [3.63, 3.8) is 0 Å². The SMILES string of the molecule is Cc1ccc([C@@H]2CN(C(=O)c3cccnn3)C[C@H]2NC(=O)C2CC2)cc1. The summed E-state index contributed by atoms with van der Waals surface area (Å²) in [4.78, 5) is 26.8. The maximum Gasteiger partial charge on any atom is 0.274 e. The van der Waals surface area contributed by atoms with Crippen molar-refractivity contribution in [2.24, 2.45) is 5.92 Å². The monoisotopic (exact) mass is 350 g/mol. The highest BCUT2D eigenvalue weighted by Crippen LogP contribution is 2.32. The van der Waals surface area contributed by atoms with Crippen LogP contribution in [0.5, 0.6) is 0 Å². The molecule has 2 aromatic rings. The van der Waals surface area contributed by atoms with E-state index in [0.29, 0.717) is 18.8 Å². The first kappa shape index (κ1) is 16.7. The molecule has 2 fully saturated rings. The first-order valence-corrected chi connectivity index (χ1v) is 9.06. The van der Waals surface area contributed by atoms with E-state index in [1.54, 1.807) is 23.2 Å². The fraction of sp³-hybridized carbons (Fsp3) is 0.400. The number of amides is 2. The van der Waals surface area contributed by atoms with Gasteiger partial charge in [-0.1, -0.05) is 29.8 Å². The molecular weight excluding hydrogens is 328 g/mol. The maximum absolute atomic E-state index is 12.8. The Morgan fingerprint density at radius 3 is 2.54 bits per heavy atom. The lowest BCUT2D eigenvalue weighted by molar-refractivity contribution is -0.123. The highest BCUT2D eigenvalue weighted by atomic mass is 16.2. The average molecular weight is 350 g/mol. The van der Waals surface area contributed by atoms with Gasteiger partial charge in [0.2, 0.25) is 5.91 Å². The van der Waals surface area contributed by atoms with Gasteiger partial charge in [0, 0.05) is 31.1 Å². The molecule has 4 rings (SSSR count). The number of hydrogen-bond acceptors (Lipinski definition) is 4. The Kier molecular flexibility index (Phi) is 4.41. The van der Waals surface area contributed by atoms with E-state index in [2.05, 4.69) is 46.7 Å². The Hall–Kier alpha value is -2.76. The Labute approximate surface area is 152 Å². The molecule has 134 valence electrons. The Balaban J connectivity index is 1.56. The van der Waals surface area contributed by atoms with E-state index in [1.807, 2.05) is 0 Å². The molecule has 2 amide bonds. The van der Waals surface area contributed by atoms with Crippen molar-refractivity contribution in [1.29, 1.82) is 0 Å². The Morgan fingerprint density at radius 1 is 1.12 bits per heavy atom. The van der Waals surface area contributed by atoms with Crippen LogP contribution >= 0.6 is 0 Å². The van der Waals surface area contributed by atoms with Crippen LogP contribution in [-0.2, 0) is 4.79 Å². The topological polar surface area (TPSA) is 75.2 Å². The van der Waals surface area contributed by atoms with Crippen molar-refractivity contribution in [3.05, 3.63) is 59.4 Å². The molecule has 1 aromatic carbocycles. The summed E-state index contributed by atoms with van der Waals surface area (Å²) in [6.45, 7) is 3.11. The molecule has 0 unspecified atom stereocenters. The minimum Gasteiger partial charge on any atom is -0.351 e. The molecule has 1 aliphatic heterocycles. The van der Waals surface area contributed by atoms with Gasteiger partial charge in [-0.15, -0.1) is 5.10 Å². The predicted octanol–water partition coefficient (Wildman–Crippen LogP) is 1.92. The number of nitrogens with zero attached hydrogens (tertiary/aromatic N) is 3. The molecule has 1 aliphatic carbocycles. The van der Waals surface area contributed by atoms with Crippen LogP contribution in [0.25, 0.3) is 0 Å². The second kappa shape index (κ2) is 6.86. The number of hydrogen-bond donors (Lipinski definition) is 1. The van der Waals surface area contributed by atoms with Gasteiger partial charge in [0.15, 0.2) is 5.69 Å². The van der Waals surface area contributed by atoms with Crippen LogP contribution in [0.4, 0.5) is 0 Å². The van der Waals surface area contributed by atoms with Gasteiger partial charge in [-0.2, -0.15) is 5.10 Å². The normalized spacial score (nSPS) is 22.3. The third kappa shape index (κ3) is 3.45. The largest absolute Gasteiger partial charge is 0.351 e. The number of benzene rings is 1. The molecule has 26 heavy (non-hydrogen) atoms. The summed E-state index contributed by atoms with van der Waals surface area (Å²) in [5, 5.41) is 10.9. The van der Waals surface area contributed by atoms with Crippen molar-refractivity contribution in [1.82, 2.24) is 20.4 Å². The zero-order chi connectivity index (χ0) is 18.1. The van der Waals surface area contributed by atoms with Crippen molar-refractivity contribution < 1.29 is 9.59 Å². The summed E-state index contributed by atoms with van der Waals surface area (Å²) in [5.74, 6) is 0.205. The lowest BCUT2D eigenvalue weighted by atomic mass is 9.93. The molecule has 1 saturated heterocycles. The van der Waals surface area contributed by atoms with Crippen molar-refractivity contribution >= 4 is 11.8 Å². The van der Waals surface area contributed by atoms with Crippen LogP contribution in [0, 0.1) is 12.8 Å². The highest BCUT2D eigenvalue weighted by molar-refractivity contribution is 5.92. The summed E-state index contributed by atoms with van der Waals surface area (Å²) >= 11 is 0. The van der Waals surface area contributed by atoms with E-state index in [0.717, 1.165) is 18.4 Å². The molecule has 6 nitrogen and oxygen atoms in total. The number of carbonyl (C=O) groups excluding carboxylic acids is 2. The molecular formula is C20H22N4O2. The molecule has 0 spiro atoms. The van der Waals surface area contributed by atoms with Crippen LogP contribution in [0.3, 0.4) is 0 Å². The zero-order valence-electron chi connectivity index (χ0n) is 14.8. The van der Waals surface area contributed by atoms with Crippen LogP contribution in [0.1, 0.15) is 40.4 Å². The van der Waals surface area contributed by atoms with Gasteiger partial charge < -0.3 is 10.2 Å². The average Bonchev–Trinajstić information content (AvgIpc) is 3.44. The van der Waals surface area contributed by atoms with Gasteiger partial charge in [-0.25, -0.2) is 0 Å². The van der Waals surface area contributed by atoms with E-state index in [4.69, 9.17) is 0 Å². The molecule has 2 atom stereocenters. The van der Waals surface area contributed by atoms with Gasteiger partial charge in [0.1, 0.15) is 0 Å². The minimum atomic E-state index is -0.140. The summed E-state index contributed by atoms with van der Waals surface area (Å²) in [7, 11) is 0. The van der Waals surface area contributed by atoms with E-state index < -0.39 is 0 Å². The first-order chi connectivity index (χ1) is 12.6. The zero-order valence-corrected chi connectivity index (χ0v) is 14.8. The maximum atomic E-state index is 12.8. The lowest BCUT2D eigenvalue weighted by Crippen LogP contribution is -2.41. The van der Waals surface area contributed by atoms with Gasteiger partial charge >= 0.3 is 0 Å². The molecule has 1 aromatic heterocycles. The second-order valence-corrected chi connectivity index (χ2v) is 7.23. The number of aromatic nitrogens is 2. The summed E-state index contributed by atoms with van der Waals surface area (Å²) in [6.07, 6.45) is 3.49. The molecule has 0 bridgehead atoms. The number of rotatable bonds is 4. The van der Waals surface area contributed by atoms with Crippen LogP contribution in [0.2, 0.25) is 0 Å². The summed E-state index contributed by atoms with van der Waals surface area (Å²) < 4.78 is 0. The second-order valence-electron chi connectivity index (χ2n) is 7.23. The molecule has 2 aliphatic rings. The number of carbonyl (C=O) groups is 2. The van der Waals surface area contributed by atoms with Crippen LogP contribution in [-0.4, -0.2) is 46.0 Å². The molecule has 1 N–H and O–H groups in total. The third-order valence-electron chi connectivity index (χ3n) is 5.18. The predicted molar refractivity (Wildman–Crippen MR) is 96.5 cm³/mol. The van der Waals surface area contributed by atoms with Crippen LogP contribution < -0.4 is 5.32 Å². The minimum absolute atomic E-state index is 0.0774. The highest BCUT2D eigenvalue weighted by Gasteiger charge is 2.40. The smallest absolute Gasteiger partial charge is 0.274 e. The fourth-order valence-corrected chi connectivity index (χ4v) is 3.49. The Morgan fingerprint density at radius 2 is 1.88 bits per heavy atom. The summed E-state index contributed by atoms with van der Waals surface area (Å²) in [6, 6.07) is 11.6. The molecule has 2 heterocycles. The quantitative estimate of drug-likeness (QED) is 0.914. The van der Waals surface area contributed by atoms with E-state index in [-0.39, 0.29) is 29.7 Å². The van der Waals surface area contributed by atoms with Gasteiger partial charge in [0.05, 0.1) is 6.04 Å². The third-order valence-corrected chi connectivity index (χ3v) is 5.18. The van der Waals surface area contributed by atoms with Gasteiger partial charge in [-0.05, 0) is 37.5 Å². The first-order valence-electron chi connectivity index (χ1n) is 9.06. The van der Waals surface area contributed by atoms with E-state index in [9.17, 15) is 9.59 Å². The number of aryl methyl sites for hydroxylation is 1. The standard InChI is InChI=1S/C20H22N4O2/c1-13-4-6-14(7-5-13)16-11-24(20(26)17-3-2-10-21-23-17)12-18(16)22-19(25)15-8-9-15/h2-7,10,15-16,18H,8-9,11-12H2,1H3,(H,22,25)/t16-,18+/m0/s1. The molecule has 1 saturated carbocycles. The number of nitrogens with one attached hydrogen (secondary N) is 1. The lowest BCUT2D eigenvalue weighted by Gasteiger charge is -2.20. The summed E-state index contributed by atoms with van der Waals surface area (Å²) in [5.41, 5.74) is 2.67. The van der Waals surface area contributed by atoms with Crippen LogP contribution in [0.15, 0.2) is 42.6 Å². The molecule has 0 radical (unpaired) electrons. The van der Waals surface area contributed by atoms with E-state index >= 15 is 0 Å². The Bertz CT molecular complexity index is 802.